The van der Waals surface area contributed by atoms with E-state index < -0.39 is 11.6 Å². The summed E-state index contributed by atoms with van der Waals surface area (Å²) in [4.78, 5) is 2.49. The van der Waals surface area contributed by atoms with Gasteiger partial charge in [-0.05, 0) is 58.4 Å². The van der Waals surface area contributed by atoms with Crippen LogP contribution in [0.2, 0.25) is 0 Å². The first-order valence-electron chi connectivity index (χ1n) is 17.6. The van der Waals surface area contributed by atoms with E-state index >= 15 is 0 Å². The Kier molecular flexibility index (Phi) is 13.9. The average molecular weight is 596 g/mol. The van der Waals surface area contributed by atoms with Crippen LogP contribution in [0.15, 0.2) is 0 Å². The normalized spacial score (nSPS) is 24.8. The van der Waals surface area contributed by atoms with Gasteiger partial charge in [0.1, 0.15) is 0 Å². The molecule has 3 fully saturated rings. The van der Waals surface area contributed by atoms with E-state index in [0.29, 0.717) is 11.8 Å². The van der Waals surface area contributed by atoms with Gasteiger partial charge >= 0.3 is 0 Å². The Balaban J connectivity index is 0.00000301. The third-order valence-corrected chi connectivity index (χ3v) is 9.62. The molecule has 0 aromatic heterocycles. The number of hydrogen-bond donors (Lipinski definition) is 0. The molecular formula is C37H73NO4. The largest absolute Gasteiger partial charge is 0.350 e. The molecule has 5 nitrogen and oxygen atoms in total. The lowest BCUT2D eigenvalue weighted by molar-refractivity contribution is -0.325. The van der Waals surface area contributed by atoms with Gasteiger partial charge < -0.3 is 18.9 Å². The van der Waals surface area contributed by atoms with E-state index in [-0.39, 0.29) is 21.9 Å². The van der Waals surface area contributed by atoms with Crippen molar-refractivity contribution in [1.82, 2.24) is 4.90 Å². The van der Waals surface area contributed by atoms with E-state index in [1.165, 1.54) is 51.4 Å². The molecule has 3 heterocycles. The molecule has 0 bridgehead atoms. The minimum absolute atomic E-state index is 0.0781. The van der Waals surface area contributed by atoms with Gasteiger partial charge in [0.25, 0.3) is 0 Å². The second kappa shape index (κ2) is 15.4. The molecule has 0 unspecified atom stereocenters. The highest BCUT2D eigenvalue weighted by atomic mass is 16.7. The van der Waals surface area contributed by atoms with Crippen molar-refractivity contribution in [3.8, 4) is 0 Å². The molecule has 3 aliphatic heterocycles. The van der Waals surface area contributed by atoms with E-state index in [4.69, 9.17) is 18.9 Å². The lowest BCUT2D eigenvalue weighted by Crippen LogP contribution is -2.66. The predicted octanol–water partition coefficient (Wildman–Crippen LogP) is 10.0. The first-order valence-corrected chi connectivity index (χ1v) is 17.6. The molecule has 3 rings (SSSR count). The van der Waals surface area contributed by atoms with Crippen LogP contribution >= 0.6 is 0 Å². The van der Waals surface area contributed by atoms with Crippen LogP contribution in [0.5, 0.6) is 0 Å². The summed E-state index contributed by atoms with van der Waals surface area (Å²) in [6, 6.07) is 0. The maximum absolute atomic E-state index is 6.51. The van der Waals surface area contributed by atoms with Crippen molar-refractivity contribution in [1.29, 1.82) is 0 Å². The number of likely N-dealkylation sites (tertiary alicyclic amines) is 1. The molecule has 42 heavy (non-hydrogen) atoms. The zero-order chi connectivity index (χ0) is 31.9. The number of rotatable bonds is 11. The van der Waals surface area contributed by atoms with Gasteiger partial charge in [0.2, 0.25) is 0 Å². The maximum atomic E-state index is 6.51. The minimum Gasteiger partial charge on any atom is -0.350 e. The lowest BCUT2D eigenvalue weighted by Gasteiger charge is -2.58. The van der Waals surface area contributed by atoms with Crippen LogP contribution in [-0.4, -0.2) is 61.0 Å². The number of piperidine rings is 1. The first-order chi connectivity index (χ1) is 19.3. The maximum Gasteiger partial charge on any atom is 0.171 e. The third-order valence-electron chi connectivity index (χ3n) is 9.62. The van der Waals surface area contributed by atoms with Gasteiger partial charge in [-0.1, -0.05) is 93.9 Å². The lowest BCUT2D eigenvalue weighted by atomic mass is 9.76. The summed E-state index contributed by atoms with van der Waals surface area (Å²) in [6.07, 6.45) is 14.2. The fraction of sp³-hybridized carbons (Fsp3) is 1.00. The molecule has 0 amide bonds. The Labute approximate surface area is 262 Å². The Morgan fingerprint density at radius 3 is 1.26 bits per heavy atom. The van der Waals surface area contributed by atoms with E-state index in [2.05, 4.69) is 81.2 Å². The first kappa shape index (κ1) is 38.0. The SMILES string of the molecule is CC.CN1C(C)(C)CC2(CC1(C)C)OCC(CCCCCCCCC1COC(CC(C)(C)C)(CC(C)(C)C)OC1)CO2. The highest BCUT2D eigenvalue weighted by Gasteiger charge is 2.53. The van der Waals surface area contributed by atoms with Crippen LogP contribution in [0.1, 0.15) is 160 Å². The van der Waals surface area contributed by atoms with E-state index in [1.807, 2.05) is 13.8 Å². The zero-order valence-corrected chi connectivity index (χ0v) is 30.5. The fourth-order valence-electron chi connectivity index (χ4n) is 7.69. The predicted molar refractivity (Wildman–Crippen MR) is 178 cm³/mol. The Morgan fingerprint density at radius 2 is 0.905 bits per heavy atom. The van der Waals surface area contributed by atoms with E-state index in [0.717, 1.165) is 52.1 Å². The molecule has 0 aliphatic carbocycles. The Bertz CT molecular complexity index is 724. The average Bonchev–Trinajstić information content (AvgIpc) is 2.85. The van der Waals surface area contributed by atoms with Gasteiger partial charge in [0, 0.05) is 48.6 Å². The smallest absolute Gasteiger partial charge is 0.171 e. The molecular weight excluding hydrogens is 522 g/mol. The summed E-state index contributed by atoms with van der Waals surface area (Å²) < 4.78 is 26.0. The van der Waals surface area contributed by atoms with E-state index in [1.54, 1.807) is 0 Å². The second-order valence-electron chi connectivity index (χ2n) is 17.5. The Morgan fingerprint density at radius 1 is 0.571 bits per heavy atom. The van der Waals surface area contributed by atoms with Gasteiger partial charge in [0.15, 0.2) is 11.6 Å². The highest BCUT2D eigenvalue weighted by Crippen LogP contribution is 2.47. The second-order valence-corrected chi connectivity index (χ2v) is 17.5. The van der Waals surface area contributed by atoms with Gasteiger partial charge in [-0.2, -0.15) is 0 Å². The van der Waals surface area contributed by atoms with Crippen molar-refractivity contribution in [2.45, 2.75) is 183 Å². The van der Waals surface area contributed by atoms with Crippen molar-refractivity contribution >= 4 is 0 Å². The summed E-state index contributed by atoms with van der Waals surface area (Å²) >= 11 is 0. The topological polar surface area (TPSA) is 40.2 Å². The van der Waals surface area contributed by atoms with Crippen molar-refractivity contribution in [3.05, 3.63) is 0 Å². The quantitative estimate of drug-likeness (QED) is 0.222. The van der Waals surface area contributed by atoms with Crippen LogP contribution in [0, 0.1) is 22.7 Å². The van der Waals surface area contributed by atoms with Crippen molar-refractivity contribution in [2.24, 2.45) is 22.7 Å². The number of unbranched alkanes of at least 4 members (excludes halogenated alkanes) is 5. The Hall–Kier alpha value is -0.200. The van der Waals surface area contributed by atoms with E-state index in [9.17, 15) is 0 Å². The molecule has 3 aliphatic rings. The van der Waals surface area contributed by atoms with Crippen LogP contribution in [-0.2, 0) is 18.9 Å². The molecule has 5 heteroatoms. The summed E-state index contributed by atoms with van der Waals surface area (Å²) in [5.74, 6) is 0.280. The molecule has 0 N–H and O–H groups in total. The van der Waals surface area contributed by atoms with Crippen LogP contribution in [0.25, 0.3) is 0 Å². The molecule has 250 valence electrons. The summed E-state index contributed by atoms with van der Waals surface area (Å²) in [5, 5.41) is 0. The molecule has 1 spiro atoms. The van der Waals surface area contributed by atoms with Gasteiger partial charge in [-0.15, -0.1) is 0 Å². The zero-order valence-electron chi connectivity index (χ0n) is 30.5. The summed E-state index contributed by atoms with van der Waals surface area (Å²) in [6.45, 7) is 30.4. The summed E-state index contributed by atoms with van der Waals surface area (Å²) in [7, 11) is 2.24. The van der Waals surface area contributed by atoms with Crippen LogP contribution in [0.3, 0.4) is 0 Å². The molecule has 0 aromatic rings. The van der Waals surface area contributed by atoms with Crippen molar-refractivity contribution < 1.29 is 18.9 Å². The van der Waals surface area contributed by atoms with Crippen LogP contribution < -0.4 is 0 Å². The molecule has 0 radical (unpaired) electrons. The van der Waals surface area contributed by atoms with Gasteiger partial charge in [0.05, 0.1) is 26.4 Å². The number of nitrogens with zero attached hydrogens (tertiary/aromatic N) is 1. The fourth-order valence-corrected chi connectivity index (χ4v) is 7.69. The van der Waals surface area contributed by atoms with Crippen LogP contribution in [0.4, 0.5) is 0 Å². The molecule has 0 atom stereocenters. The molecule has 0 saturated carbocycles. The van der Waals surface area contributed by atoms with Crippen molar-refractivity contribution in [2.75, 3.05) is 33.5 Å². The number of hydrogen-bond acceptors (Lipinski definition) is 5. The number of ether oxygens (including phenoxy) is 4. The minimum atomic E-state index is -0.414. The molecule has 3 saturated heterocycles. The standard InChI is InChI=1S/C35H67NO4.C2H6/c1-30(2,3)24-34(25-31(4,5)6)37-20-28(21-38-34)18-16-14-12-13-15-17-19-29-22-39-35(40-23-29)26-32(7,8)36(11)33(9,10)27-35;1-2/h28-29H,12-27H2,1-11H3;1-2H3. The van der Waals surface area contributed by atoms with Gasteiger partial charge in [-0.3, -0.25) is 4.90 Å². The van der Waals surface area contributed by atoms with Crippen molar-refractivity contribution in [3.63, 3.8) is 0 Å². The summed E-state index contributed by atoms with van der Waals surface area (Å²) in [5.41, 5.74) is 0.542. The third kappa shape index (κ3) is 12.0. The molecule has 0 aromatic carbocycles. The monoisotopic (exact) mass is 596 g/mol. The van der Waals surface area contributed by atoms with Gasteiger partial charge in [-0.25, -0.2) is 0 Å². The highest BCUT2D eigenvalue weighted by molar-refractivity contribution is 5.03.